The van der Waals surface area contributed by atoms with Gasteiger partial charge in [-0.15, -0.1) is 10.2 Å². The average Bonchev–Trinajstić information content (AvgIpc) is 3.51. The lowest BCUT2D eigenvalue weighted by Crippen LogP contribution is -2.13. The van der Waals surface area contributed by atoms with Crippen LogP contribution < -0.4 is 5.73 Å². The van der Waals surface area contributed by atoms with Gasteiger partial charge >= 0.3 is 6.18 Å². The summed E-state index contributed by atoms with van der Waals surface area (Å²) >= 11 is 1.70. The molecule has 0 bridgehead atoms. The molecule has 1 amide bonds. The number of aromatic nitrogens is 4. The van der Waals surface area contributed by atoms with E-state index in [2.05, 4.69) is 36.0 Å². The number of alkyl halides is 3. The highest BCUT2D eigenvalue weighted by atomic mass is 32.2. The third kappa shape index (κ3) is 7.41. The van der Waals surface area contributed by atoms with Gasteiger partial charge in [-0.3, -0.25) is 4.79 Å². The maximum Gasteiger partial charge on any atom is 0.416 e. The number of carbonyl (C=O) groups excluding carboxylic acids is 1. The summed E-state index contributed by atoms with van der Waals surface area (Å²) in [4.78, 5) is 15.4. The van der Waals surface area contributed by atoms with E-state index in [0.717, 1.165) is 60.0 Å². The molecule has 39 heavy (non-hydrogen) atoms. The second kappa shape index (κ2) is 13.0. The molecule has 10 heteroatoms. The fraction of sp³-hybridized carbons (Fsp3) is 0.517. The standard InChI is InChI=1S/C15H19F3.C14H19N5OS/c1-3-9-14(4-2)10-13(14)11-5-7-12(8-6-11)15(16,17)18;1-4-5-8-21-14-18-17-13(19(14)3)10-6-7-11(12(15)20)16-9(10)2/h5-8,13H,3-4,9-10H2,1-2H3;6-7H,4-5,8H2,1-3H3,(H2,15,20). The zero-order valence-electron chi connectivity index (χ0n) is 23.3. The van der Waals surface area contributed by atoms with E-state index in [4.69, 9.17) is 5.73 Å². The molecular weight excluding hydrogens is 523 g/mol. The van der Waals surface area contributed by atoms with Crippen LogP contribution in [0.4, 0.5) is 13.2 Å². The van der Waals surface area contributed by atoms with Gasteiger partial charge in [-0.1, -0.05) is 57.5 Å². The van der Waals surface area contributed by atoms with Gasteiger partial charge in [-0.05, 0) is 73.8 Å². The van der Waals surface area contributed by atoms with Crippen LogP contribution in [-0.2, 0) is 13.2 Å². The van der Waals surface area contributed by atoms with Crippen molar-refractivity contribution >= 4 is 17.7 Å². The second-order valence-electron chi connectivity index (χ2n) is 10.1. The first-order chi connectivity index (χ1) is 18.5. The van der Waals surface area contributed by atoms with Crippen molar-refractivity contribution < 1.29 is 18.0 Å². The third-order valence-corrected chi connectivity index (χ3v) is 8.53. The van der Waals surface area contributed by atoms with Crippen molar-refractivity contribution in [3.05, 3.63) is 58.9 Å². The van der Waals surface area contributed by atoms with Crippen LogP contribution in [0.2, 0.25) is 0 Å². The molecule has 3 aromatic rings. The van der Waals surface area contributed by atoms with E-state index in [1.165, 1.54) is 18.6 Å². The molecule has 0 radical (unpaired) electrons. The first-order valence-corrected chi connectivity index (χ1v) is 14.4. The summed E-state index contributed by atoms with van der Waals surface area (Å²) in [5.74, 6) is 1.71. The molecule has 1 saturated carbocycles. The van der Waals surface area contributed by atoms with Crippen LogP contribution in [0.1, 0.15) is 92.5 Å². The topological polar surface area (TPSA) is 86.7 Å². The summed E-state index contributed by atoms with van der Waals surface area (Å²) in [6.45, 7) is 8.34. The predicted molar refractivity (Wildman–Crippen MR) is 150 cm³/mol. The Balaban J connectivity index is 0.000000218. The molecule has 2 N–H and O–H groups in total. The summed E-state index contributed by atoms with van der Waals surface area (Å²) in [7, 11) is 1.94. The van der Waals surface area contributed by atoms with E-state index in [9.17, 15) is 18.0 Å². The monoisotopic (exact) mass is 561 g/mol. The highest BCUT2D eigenvalue weighted by molar-refractivity contribution is 7.99. The van der Waals surface area contributed by atoms with Gasteiger partial charge in [0, 0.05) is 24.1 Å². The Kier molecular flexibility index (Phi) is 10.2. The Morgan fingerprint density at radius 1 is 1.10 bits per heavy atom. The molecule has 2 atom stereocenters. The fourth-order valence-corrected chi connectivity index (χ4v) is 5.98. The number of aryl methyl sites for hydroxylation is 1. The minimum atomic E-state index is -4.23. The van der Waals surface area contributed by atoms with E-state index in [-0.39, 0.29) is 5.69 Å². The van der Waals surface area contributed by atoms with Crippen LogP contribution in [-0.4, -0.2) is 31.4 Å². The van der Waals surface area contributed by atoms with Crippen molar-refractivity contribution in [1.82, 2.24) is 19.7 Å². The van der Waals surface area contributed by atoms with Gasteiger partial charge in [0.1, 0.15) is 5.69 Å². The molecule has 2 aromatic heterocycles. The molecule has 1 fully saturated rings. The van der Waals surface area contributed by atoms with Crippen molar-refractivity contribution in [2.45, 2.75) is 83.5 Å². The summed E-state index contributed by atoms with van der Waals surface area (Å²) in [6.07, 6.45) is 2.65. The van der Waals surface area contributed by atoms with E-state index in [1.54, 1.807) is 30.0 Å². The van der Waals surface area contributed by atoms with Crippen LogP contribution in [0.25, 0.3) is 11.4 Å². The zero-order chi connectivity index (χ0) is 28.8. The summed E-state index contributed by atoms with van der Waals surface area (Å²) in [6, 6.07) is 9.15. The first-order valence-electron chi connectivity index (χ1n) is 13.4. The number of thioether (sulfide) groups is 1. The number of benzene rings is 1. The summed E-state index contributed by atoms with van der Waals surface area (Å²) in [5, 5.41) is 9.34. The number of rotatable bonds is 10. The fourth-order valence-electron chi connectivity index (χ4n) is 4.98. The molecule has 1 aliphatic carbocycles. The van der Waals surface area contributed by atoms with Crippen molar-refractivity contribution in [3.8, 4) is 11.4 Å². The number of primary amides is 1. The Morgan fingerprint density at radius 3 is 2.33 bits per heavy atom. The SMILES string of the molecule is CCCC1(CC)CC1c1ccc(C(F)(F)F)cc1.CCCCSc1nnc(-c2ccc(C(N)=O)nc2C)n1C. The molecule has 0 saturated heterocycles. The van der Waals surface area contributed by atoms with Gasteiger partial charge < -0.3 is 10.3 Å². The maximum absolute atomic E-state index is 12.5. The van der Waals surface area contributed by atoms with E-state index < -0.39 is 17.6 Å². The van der Waals surface area contributed by atoms with Gasteiger partial charge in [0.15, 0.2) is 11.0 Å². The minimum Gasteiger partial charge on any atom is -0.364 e. The van der Waals surface area contributed by atoms with Gasteiger partial charge in [0.25, 0.3) is 5.91 Å². The largest absolute Gasteiger partial charge is 0.416 e. The molecule has 0 spiro atoms. The number of unbranched alkanes of at least 4 members (excludes halogenated alkanes) is 1. The minimum absolute atomic E-state index is 0.260. The van der Waals surface area contributed by atoms with Crippen LogP contribution in [0.5, 0.6) is 0 Å². The summed E-state index contributed by atoms with van der Waals surface area (Å²) in [5.41, 5.74) is 7.94. The number of halogens is 3. The van der Waals surface area contributed by atoms with Crippen molar-refractivity contribution in [1.29, 1.82) is 0 Å². The number of pyridine rings is 1. The average molecular weight is 562 g/mol. The molecule has 212 valence electrons. The van der Waals surface area contributed by atoms with Crippen LogP contribution in [0.3, 0.4) is 0 Å². The second-order valence-corrected chi connectivity index (χ2v) is 11.2. The van der Waals surface area contributed by atoms with Gasteiger partial charge in [0.2, 0.25) is 0 Å². The molecule has 6 nitrogen and oxygen atoms in total. The molecule has 0 aliphatic heterocycles. The number of nitrogens with zero attached hydrogens (tertiary/aromatic N) is 4. The Bertz CT molecular complexity index is 1260. The Labute approximate surface area is 233 Å². The Hall–Kier alpha value is -2.88. The third-order valence-electron chi connectivity index (χ3n) is 7.43. The lowest BCUT2D eigenvalue weighted by atomic mass is 9.91. The Morgan fingerprint density at radius 2 is 1.79 bits per heavy atom. The maximum atomic E-state index is 12.5. The van der Waals surface area contributed by atoms with Gasteiger partial charge in [-0.2, -0.15) is 13.2 Å². The summed E-state index contributed by atoms with van der Waals surface area (Å²) < 4.78 is 39.4. The highest BCUT2D eigenvalue weighted by Crippen LogP contribution is 2.64. The van der Waals surface area contributed by atoms with Crippen molar-refractivity contribution in [2.75, 3.05) is 5.75 Å². The van der Waals surface area contributed by atoms with Crippen molar-refractivity contribution in [3.63, 3.8) is 0 Å². The molecular formula is C29H38F3N5OS. The first kappa shape index (κ1) is 30.7. The number of carbonyl (C=O) groups is 1. The number of amides is 1. The van der Waals surface area contributed by atoms with E-state index in [1.807, 2.05) is 24.6 Å². The predicted octanol–water partition coefficient (Wildman–Crippen LogP) is 7.57. The van der Waals surface area contributed by atoms with E-state index in [0.29, 0.717) is 17.0 Å². The van der Waals surface area contributed by atoms with Crippen LogP contribution >= 0.6 is 11.8 Å². The van der Waals surface area contributed by atoms with Gasteiger partial charge in [-0.25, -0.2) is 4.98 Å². The normalized spacial score (nSPS) is 18.4. The zero-order valence-corrected chi connectivity index (χ0v) is 24.1. The number of hydrogen-bond acceptors (Lipinski definition) is 5. The van der Waals surface area contributed by atoms with E-state index >= 15 is 0 Å². The molecule has 2 heterocycles. The van der Waals surface area contributed by atoms with Crippen LogP contribution in [0.15, 0.2) is 41.6 Å². The molecule has 4 rings (SSSR count). The number of nitrogens with two attached hydrogens (primary N) is 1. The van der Waals surface area contributed by atoms with Crippen LogP contribution in [0, 0.1) is 12.3 Å². The van der Waals surface area contributed by atoms with Gasteiger partial charge in [0.05, 0.1) is 5.56 Å². The highest BCUT2D eigenvalue weighted by Gasteiger charge is 2.52. The quantitative estimate of drug-likeness (QED) is 0.204. The molecule has 1 aliphatic rings. The number of hydrogen-bond donors (Lipinski definition) is 1. The lowest BCUT2D eigenvalue weighted by molar-refractivity contribution is -0.137. The molecule has 2 unspecified atom stereocenters. The lowest BCUT2D eigenvalue weighted by Gasteiger charge is -2.14. The van der Waals surface area contributed by atoms with Crippen molar-refractivity contribution in [2.24, 2.45) is 18.2 Å². The molecule has 1 aromatic carbocycles. The smallest absolute Gasteiger partial charge is 0.364 e.